The number of hydrogen-bond donors (Lipinski definition) is 2. The molecule has 0 bridgehead atoms. The average Bonchev–Trinajstić information content (AvgIpc) is 2.14. The number of thiocarbonyl (C=S) groups is 1. The number of hydrazine groups is 1. The normalized spacial score (nSPS) is 15.1. The van der Waals surface area contributed by atoms with Crippen molar-refractivity contribution in [3.05, 3.63) is 18.0 Å². The highest BCUT2D eigenvalue weighted by Crippen LogP contribution is 1.86. The highest BCUT2D eigenvalue weighted by Gasteiger charge is 1.90. The molecular weight excluding hydrogens is 108 g/mol. The van der Waals surface area contributed by atoms with Crippen molar-refractivity contribution in [2.75, 3.05) is 0 Å². The van der Waals surface area contributed by atoms with E-state index in [1.165, 1.54) is 0 Å². The van der Waals surface area contributed by atoms with Crippen LogP contribution < -0.4 is 10.9 Å². The van der Waals surface area contributed by atoms with Crippen LogP contribution in [0.5, 0.6) is 0 Å². The molecule has 7 heavy (non-hydrogen) atoms. The van der Waals surface area contributed by atoms with Gasteiger partial charge in [-0.3, -0.25) is 5.43 Å². The van der Waals surface area contributed by atoms with E-state index in [-0.39, 0.29) is 0 Å². The monoisotopic (exact) mass is 112 g/mol. The smallest absolute Gasteiger partial charge is 0.109 e. The Kier molecular flexibility index (Phi) is 1.11. The minimum absolute atomic E-state index is 0.815. The summed E-state index contributed by atoms with van der Waals surface area (Å²) in [5.74, 6) is 0. The maximum atomic E-state index is 4.47. The van der Waals surface area contributed by atoms with Crippen molar-refractivity contribution in [2.24, 2.45) is 0 Å². The van der Waals surface area contributed by atoms with Gasteiger partial charge in [-0.25, -0.2) is 0 Å². The van der Waals surface area contributed by atoms with E-state index in [2.05, 4.69) is 28.1 Å². The molecule has 0 radical (unpaired) electrons. The predicted octanol–water partition coefficient (Wildman–Crippen LogP) is 0.0904. The van der Waals surface area contributed by atoms with Crippen molar-refractivity contribution in [1.29, 1.82) is 0 Å². The van der Waals surface area contributed by atoms with Crippen LogP contribution in [0.2, 0.25) is 0 Å². The van der Waals surface area contributed by atoms with Crippen LogP contribution in [0.15, 0.2) is 18.0 Å². The number of allylic oxidation sites excluding steroid dienone is 1. The fraction of sp³-hybridized carbons (Fsp3) is 0. The SMILES string of the molecule is S=C=C1C=CNN1. The molecule has 1 rings (SSSR count). The highest BCUT2D eigenvalue weighted by molar-refractivity contribution is 7.78. The van der Waals surface area contributed by atoms with E-state index in [0.717, 1.165) is 5.70 Å². The molecule has 3 heteroatoms. The number of rotatable bonds is 0. The summed E-state index contributed by atoms with van der Waals surface area (Å²) in [5.41, 5.74) is 6.29. The summed E-state index contributed by atoms with van der Waals surface area (Å²) in [7, 11) is 0. The Balaban J connectivity index is 2.77. The van der Waals surface area contributed by atoms with Crippen LogP contribution >= 0.6 is 12.2 Å². The Bertz CT molecular complexity index is 144. The van der Waals surface area contributed by atoms with Crippen LogP contribution in [0.1, 0.15) is 0 Å². The predicted molar refractivity (Wildman–Crippen MR) is 31.5 cm³/mol. The third-order valence-corrected chi connectivity index (χ3v) is 0.870. The van der Waals surface area contributed by atoms with Crippen molar-refractivity contribution < 1.29 is 0 Å². The first-order valence-electron chi connectivity index (χ1n) is 1.86. The van der Waals surface area contributed by atoms with Crippen molar-refractivity contribution >= 4 is 17.2 Å². The summed E-state index contributed by atoms with van der Waals surface area (Å²) < 4.78 is 0. The molecule has 0 aliphatic carbocycles. The Hall–Kier alpha value is -0.790. The number of nitrogens with one attached hydrogen (secondary N) is 2. The van der Waals surface area contributed by atoms with E-state index >= 15 is 0 Å². The summed E-state index contributed by atoms with van der Waals surface area (Å²) in [4.78, 5) is 0. The quantitative estimate of drug-likeness (QED) is 0.434. The van der Waals surface area contributed by atoms with Crippen molar-refractivity contribution in [3.8, 4) is 0 Å². The lowest BCUT2D eigenvalue weighted by atomic mass is 10.5. The minimum Gasteiger partial charge on any atom is -0.308 e. The molecule has 0 saturated heterocycles. The fourth-order valence-corrected chi connectivity index (χ4v) is 0.465. The molecule has 0 unspecified atom stereocenters. The van der Waals surface area contributed by atoms with E-state index in [1.54, 1.807) is 6.20 Å². The Labute approximate surface area is 46.9 Å². The molecule has 1 heterocycles. The standard InChI is InChI=1S/C4H4N2S/c7-3-4-1-2-5-6-4/h1-2,5-6H. The van der Waals surface area contributed by atoms with E-state index in [0.29, 0.717) is 0 Å². The van der Waals surface area contributed by atoms with Gasteiger partial charge in [0.2, 0.25) is 0 Å². The second kappa shape index (κ2) is 1.78. The van der Waals surface area contributed by atoms with Gasteiger partial charge < -0.3 is 5.43 Å². The molecular formula is C4H4N2S. The van der Waals surface area contributed by atoms with Gasteiger partial charge in [0.15, 0.2) is 0 Å². The van der Waals surface area contributed by atoms with Crippen molar-refractivity contribution in [1.82, 2.24) is 10.9 Å². The molecule has 0 spiro atoms. The summed E-state index contributed by atoms with van der Waals surface area (Å²) >= 11 is 4.47. The Morgan fingerprint density at radius 3 is 2.86 bits per heavy atom. The summed E-state index contributed by atoms with van der Waals surface area (Å²) in [6, 6.07) is 0. The molecule has 0 atom stereocenters. The zero-order valence-corrected chi connectivity index (χ0v) is 4.38. The maximum absolute atomic E-state index is 4.47. The fourth-order valence-electron chi connectivity index (χ4n) is 0.346. The zero-order chi connectivity index (χ0) is 5.11. The van der Waals surface area contributed by atoms with Gasteiger partial charge in [-0.05, 0) is 23.3 Å². The van der Waals surface area contributed by atoms with Crippen LogP contribution in [-0.2, 0) is 0 Å². The largest absolute Gasteiger partial charge is 0.308 e. The molecule has 1 aliphatic heterocycles. The lowest BCUT2D eigenvalue weighted by molar-refractivity contribution is 0.793. The van der Waals surface area contributed by atoms with Gasteiger partial charge >= 0.3 is 0 Å². The summed E-state index contributed by atoms with van der Waals surface area (Å²) in [6.07, 6.45) is 3.57. The van der Waals surface area contributed by atoms with Gasteiger partial charge in [-0.15, -0.1) is 0 Å². The molecule has 1 aliphatic rings. The first-order chi connectivity index (χ1) is 3.43. The summed E-state index contributed by atoms with van der Waals surface area (Å²) in [6.45, 7) is 0. The van der Waals surface area contributed by atoms with Crippen LogP contribution in [0.4, 0.5) is 0 Å². The lowest BCUT2D eigenvalue weighted by Gasteiger charge is -1.89. The molecule has 0 fully saturated rings. The van der Waals surface area contributed by atoms with E-state index in [4.69, 9.17) is 0 Å². The van der Waals surface area contributed by atoms with Crippen LogP contribution in [0, 0.1) is 0 Å². The van der Waals surface area contributed by atoms with Gasteiger partial charge in [0.05, 0.1) is 0 Å². The minimum atomic E-state index is 0.815. The molecule has 0 aromatic heterocycles. The van der Waals surface area contributed by atoms with Gasteiger partial charge in [0.1, 0.15) is 5.70 Å². The van der Waals surface area contributed by atoms with E-state index < -0.39 is 0 Å². The Morgan fingerprint density at radius 1 is 1.71 bits per heavy atom. The van der Waals surface area contributed by atoms with Gasteiger partial charge in [0, 0.05) is 6.20 Å². The first kappa shape index (κ1) is 4.37. The Morgan fingerprint density at radius 2 is 2.57 bits per heavy atom. The molecule has 2 N–H and O–H groups in total. The van der Waals surface area contributed by atoms with Crippen LogP contribution in [0.3, 0.4) is 0 Å². The molecule has 36 valence electrons. The second-order valence-corrected chi connectivity index (χ2v) is 1.32. The molecule has 0 saturated carbocycles. The lowest BCUT2D eigenvalue weighted by Crippen LogP contribution is -2.18. The second-order valence-electron chi connectivity index (χ2n) is 1.12. The third-order valence-electron chi connectivity index (χ3n) is 0.650. The van der Waals surface area contributed by atoms with E-state index in [9.17, 15) is 0 Å². The molecule has 0 aromatic carbocycles. The average molecular weight is 112 g/mol. The molecule has 2 nitrogen and oxygen atoms in total. The zero-order valence-electron chi connectivity index (χ0n) is 3.56. The van der Waals surface area contributed by atoms with Gasteiger partial charge in [-0.1, -0.05) is 0 Å². The van der Waals surface area contributed by atoms with Gasteiger partial charge in [-0.2, -0.15) is 0 Å². The third kappa shape index (κ3) is 0.796. The van der Waals surface area contributed by atoms with E-state index in [1.807, 2.05) is 6.08 Å². The van der Waals surface area contributed by atoms with Crippen molar-refractivity contribution in [2.45, 2.75) is 0 Å². The molecule has 0 aromatic rings. The highest BCUT2D eigenvalue weighted by atomic mass is 32.1. The van der Waals surface area contributed by atoms with Crippen LogP contribution in [0.25, 0.3) is 0 Å². The number of hydrogen-bond acceptors (Lipinski definition) is 3. The van der Waals surface area contributed by atoms with Gasteiger partial charge in [0.25, 0.3) is 0 Å². The molecule has 0 amide bonds. The first-order valence-corrected chi connectivity index (χ1v) is 2.27. The van der Waals surface area contributed by atoms with Crippen molar-refractivity contribution in [3.63, 3.8) is 0 Å². The maximum Gasteiger partial charge on any atom is 0.109 e. The van der Waals surface area contributed by atoms with Crippen LogP contribution in [-0.4, -0.2) is 5.02 Å². The summed E-state index contributed by atoms with van der Waals surface area (Å²) in [5, 5.41) is 2.50. The topological polar surface area (TPSA) is 24.1 Å².